The second kappa shape index (κ2) is 8.24. The Labute approximate surface area is 124 Å². The van der Waals surface area contributed by atoms with Gasteiger partial charge in [-0.3, -0.25) is 4.98 Å². The van der Waals surface area contributed by atoms with E-state index >= 15 is 0 Å². The van der Waals surface area contributed by atoms with Crippen LogP contribution in [0.4, 0.5) is 0 Å². The minimum absolute atomic E-state index is 0.126. The van der Waals surface area contributed by atoms with Crippen molar-refractivity contribution in [1.82, 2.24) is 10.3 Å². The first-order valence-corrected chi connectivity index (χ1v) is 6.83. The highest BCUT2D eigenvalue weighted by Gasteiger charge is 2.06. The molecule has 0 aliphatic carbocycles. The third kappa shape index (κ3) is 4.73. The SMILES string of the molecule is COc1ccc(CNCCO)cc1OCc1cccnc1. The van der Waals surface area contributed by atoms with Crippen LogP contribution in [0.5, 0.6) is 11.5 Å². The molecule has 2 aromatic rings. The summed E-state index contributed by atoms with van der Waals surface area (Å²) in [7, 11) is 1.62. The van der Waals surface area contributed by atoms with Gasteiger partial charge in [-0.15, -0.1) is 0 Å². The van der Waals surface area contributed by atoms with Crippen LogP contribution in [0, 0.1) is 0 Å². The summed E-state index contributed by atoms with van der Waals surface area (Å²) in [5.41, 5.74) is 2.08. The first-order chi connectivity index (χ1) is 10.3. The molecule has 0 radical (unpaired) electrons. The molecule has 0 aliphatic heterocycles. The summed E-state index contributed by atoms with van der Waals surface area (Å²) >= 11 is 0. The predicted molar refractivity (Wildman–Crippen MR) is 80.4 cm³/mol. The highest BCUT2D eigenvalue weighted by Crippen LogP contribution is 2.28. The third-order valence-electron chi connectivity index (χ3n) is 2.96. The van der Waals surface area contributed by atoms with Crippen molar-refractivity contribution in [2.75, 3.05) is 20.3 Å². The van der Waals surface area contributed by atoms with Crippen LogP contribution >= 0.6 is 0 Å². The number of nitrogens with one attached hydrogen (secondary N) is 1. The Kier molecular flexibility index (Phi) is 5.99. The van der Waals surface area contributed by atoms with Gasteiger partial charge in [0.1, 0.15) is 6.61 Å². The molecule has 112 valence electrons. The Morgan fingerprint density at radius 1 is 1.19 bits per heavy atom. The van der Waals surface area contributed by atoms with Gasteiger partial charge in [-0.1, -0.05) is 12.1 Å². The van der Waals surface area contributed by atoms with Gasteiger partial charge in [-0.05, 0) is 23.8 Å². The van der Waals surface area contributed by atoms with Crippen LogP contribution in [0.3, 0.4) is 0 Å². The predicted octanol–water partition coefficient (Wildman–Crippen LogP) is 1.75. The fourth-order valence-electron chi connectivity index (χ4n) is 1.90. The van der Waals surface area contributed by atoms with Crippen molar-refractivity contribution in [1.29, 1.82) is 0 Å². The van der Waals surface area contributed by atoms with Crippen LogP contribution in [0.25, 0.3) is 0 Å². The number of rotatable bonds is 8. The van der Waals surface area contributed by atoms with Crippen molar-refractivity contribution in [2.24, 2.45) is 0 Å². The van der Waals surface area contributed by atoms with E-state index in [-0.39, 0.29) is 6.61 Å². The maximum atomic E-state index is 8.78. The Hall–Kier alpha value is -2.11. The monoisotopic (exact) mass is 288 g/mol. The van der Waals surface area contributed by atoms with Crippen LogP contribution in [0.1, 0.15) is 11.1 Å². The number of pyridine rings is 1. The molecule has 0 unspecified atom stereocenters. The molecule has 1 heterocycles. The summed E-state index contributed by atoms with van der Waals surface area (Å²) < 4.78 is 11.1. The van der Waals surface area contributed by atoms with Gasteiger partial charge in [-0.25, -0.2) is 0 Å². The van der Waals surface area contributed by atoms with Gasteiger partial charge in [0.05, 0.1) is 13.7 Å². The number of aromatic nitrogens is 1. The first kappa shape index (κ1) is 15.3. The highest BCUT2D eigenvalue weighted by molar-refractivity contribution is 5.43. The molecular weight excluding hydrogens is 268 g/mol. The molecule has 5 heteroatoms. The lowest BCUT2D eigenvalue weighted by Crippen LogP contribution is -2.17. The van der Waals surface area contributed by atoms with E-state index in [1.54, 1.807) is 19.5 Å². The minimum Gasteiger partial charge on any atom is -0.493 e. The minimum atomic E-state index is 0.126. The fourth-order valence-corrected chi connectivity index (χ4v) is 1.90. The van der Waals surface area contributed by atoms with Gasteiger partial charge in [0, 0.05) is 31.0 Å². The van der Waals surface area contributed by atoms with Crippen molar-refractivity contribution in [3.8, 4) is 11.5 Å². The van der Waals surface area contributed by atoms with Crippen LogP contribution < -0.4 is 14.8 Å². The molecule has 0 fully saturated rings. The maximum Gasteiger partial charge on any atom is 0.161 e. The van der Waals surface area contributed by atoms with E-state index in [1.165, 1.54) is 0 Å². The van der Waals surface area contributed by atoms with Gasteiger partial charge in [0.25, 0.3) is 0 Å². The van der Waals surface area contributed by atoms with E-state index in [0.29, 0.717) is 31.2 Å². The van der Waals surface area contributed by atoms with Crippen LogP contribution in [0.2, 0.25) is 0 Å². The molecule has 5 nitrogen and oxygen atoms in total. The molecular formula is C16H20N2O3. The second-order valence-electron chi connectivity index (χ2n) is 4.54. The second-order valence-corrected chi connectivity index (χ2v) is 4.54. The fraction of sp³-hybridized carbons (Fsp3) is 0.312. The first-order valence-electron chi connectivity index (χ1n) is 6.83. The van der Waals surface area contributed by atoms with Crippen molar-refractivity contribution >= 4 is 0 Å². The Morgan fingerprint density at radius 3 is 2.81 bits per heavy atom. The third-order valence-corrected chi connectivity index (χ3v) is 2.96. The van der Waals surface area contributed by atoms with E-state index in [9.17, 15) is 0 Å². The molecule has 21 heavy (non-hydrogen) atoms. The van der Waals surface area contributed by atoms with Crippen LogP contribution in [0.15, 0.2) is 42.7 Å². The number of benzene rings is 1. The van der Waals surface area contributed by atoms with Gasteiger partial charge in [0.2, 0.25) is 0 Å². The Morgan fingerprint density at radius 2 is 2.10 bits per heavy atom. The maximum absolute atomic E-state index is 8.78. The molecule has 0 atom stereocenters. The normalized spacial score (nSPS) is 10.4. The standard InChI is InChI=1S/C16H20N2O3/c1-20-15-5-4-13(10-18-7-8-19)9-16(15)21-12-14-3-2-6-17-11-14/h2-6,9,11,18-19H,7-8,10,12H2,1H3. The molecule has 2 rings (SSSR count). The van der Waals surface area contributed by atoms with E-state index < -0.39 is 0 Å². The summed E-state index contributed by atoms with van der Waals surface area (Å²) in [6.45, 7) is 1.81. The molecule has 0 spiro atoms. The van der Waals surface area contributed by atoms with Gasteiger partial charge < -0.3 is 19.9 Å². The Balaban J connectivity index is 2.03. The molecule has 1 aromatic heterocycles. The Bertz CT molecular complexity index is 546. The zero-order valence-corrected chi connectivity index (χ0v) is 12.1. The summed E-state index contributed by atoms with van der Waals surface area (Å²) in [6.07, 6.45) is 3.51. The molecule has 0 saturated heterocycles. The zero-order chi connectivity index (χ0) is 14.9. The van der Waals surface area contributed by atoms with Gasteiger partial charge >= 0.3 is 0 Å². The lowest BCUT2D eigenvalue weighted by molar-refractivity contribution is 0.283. The number of aliphatic hydroxyl groups is 1. The molecule has 0 saturated carbocycles. The van der Waals surface area contributed by atoms with E-state index in [2.05, 4.69) is 10.3 Å². The number of ether oxygens (including phenoxy) is 2. The number of hydrogen-bond acceptors (Lipinski definition) is 5. The number of aliphatic hydroxyl groups excluding tert-OH is 1. The summed E-state index contributed by atoms with van der Waals surface area (Å²) in [6, 6.07) is 9.64. The van der Waals surface area contributed by atoms with Crippen LogP contribution in [-0.2, 0) is 13.2 Å². The summed E-state index contributed by atoms with van der Waals surface area (Å²) in [4.78, 5) is 4.06. The molecule has 1 aromatic carbocycles. The van der Waals surface area contributed by atoms with Gasteiger partial charge in [-0.2, -0.15) is 0 Å². The smallest absolute Gasteiger partial charge is 0.161 e. The largest absolute Gasteiger partial charge is 0.493 e. The number of hydrogen-bond donors (Lipinski definition) is 2. The average molecular weight is 288 g/mol. The number of nitrogens with zero attached hydrogens (tertiary/aromatic N) is 1. The van der Waals surface area contributed by atoms with Crippen molar-refractivity contribution in [3.05, 3.63) is 53.9 Å². The molecule has 2 N–H and O–H groups in total. The highest BCUT2D eigenvalue weighted by atomic mass is 16.5. The quantitative estimate of drug-likeness (QED) is 0.725. The van der Waals surface area contributed by atoms with Gasteiger partial charge in [0.15, 0.2) is 11.5 Å². The van der Waals surface area contributed by atoms with E-state index in [4.69, 9.17) is 14.6 Å². The topological polar surface area (TPSA) is 63.6 Å². The van der Waals surface area contributed by atoms with Crippen molar-refractivity contribution < 1.29 is 14.6 Å². The summed E-state index contributed by atoms with van der Waals surface area (Å²) in [5, 5.41) is 11.9. The van der Waals surface area contributed by atoms with E-state index in [0.717, 1.165) is 11.1 Å². The zero-order valence-electron chi connectivity index (χ0n) is 12.1. The van der Waals surface area contributed by atoms with Crippen LogP contribution in [-0.4, -0.2) is 30.4 Å². The summed E-state index contributed by atoms with van der Waals surface area (Å²) in [5.74, 6) is 1.40. The average Bonchev–Trinajstić information content (AvgIpc) is 2.54. The van der Waals surface area contributed by atoms with Crippen molar-refractivity contribution in [3.63, 3.8) is 0 Å². The molecule has 0 aliphatic rings. The lowest BCUT2D eigenvalue weighted by atomic mass is 10.2. The van der Waals surface area contributed by atoms with Crippen molar-refractivity contribution in [2.45, 2.75) is 13.2 Å². The van der Waals surface area contributed by atoms with E-state index in [1.807, 2.05) is 30.3 Å². The molecule has 0 bridgehead atoms. The number of methoxy groups -OCH3 is 1. The molecule has 0 amide bonds. The lowest BCUT2D eigenvalue weighted by Gasteiger charge is -2.12.